The number of rotatable bonds is 0. The van der Waals surface area contributed by atoms with E-state index in [0.29, 0.717) is 0 Å². The molecule has 0 aliphatic carbocycles. The van der Waals surface area contributed by atoms with Crippen LogP contribution in [0.2, 0.25) is 0 Å². The van der Waals surface area contributed by atoms with E-state index in [2.05, 4.69) is 21.2 Å². The van der Waals surface area contributed by atoms with Crippen LogP contribution in [0.25, 0.3) is 0 Å². The molecule has 0 saturated carbocycles. The first-order valence-electron chi connectivity index (χ1n) is 5.10. The molecule has 0 unspecified atom stereocenters. The third kappa shape index (κ3) is 2.56. The van der Waals surface area contributed by atoms with E-state index in [1.807, 2.05) is 20.8 Å². The van der Waals surface area contributed by atoms with Crippen molar-refractivity contribution in [1.82, 2.24) is 15.1 Å². The number of hydrogen-bond acceptors (Lipinski definition) is 2. The van der Waals surface area contributed by atoms with E-state index < -0.39 is 0 Å². The molecule has 0 radical (unpaired) electrons. The van der Waals surface area contributed by atoms with Crippen molar-refractivity contribution in [2.75, 3.05) is 6.54 Å². The third-order valence-corrected chi connectivity index (χ3v) is 2.02. The van der Waals surface area contributed by atoms with Crippen LogP contribution in [-0.4, -0.2) is 16.3 Å². The van der Waals surface area contributed by atoms with Crippen LogP contribution in [0.5, 0.6) is 0 Å². The third-order valence-electron chi connectivity index (χ3n) is 2.02. The van der Waals surface area contributed by atoms with Gasteiger partial charge in [-0.05, 0) is 26.0 Å². The van der Waals surface area contributed by atoms with E-state index in [0.717, 1.165) is 25.3 Å². The molecule has 74 valence electrons. The number of nitrogens with one attached hydrogen (secondary N) is 1. The fraction of sp³-hybridized carbons (Fsp3) is 0.700. The molecule has 0 bridgehead atoms. The lowest BCUT2D eigenvalue weighted by atomic mass is 10.4. The molecule has 0 spiro atoms. The van der Waals surface area contributed by atoms with Gasteiger partial charge in [0, 0.05) is 13.1 Å². The smallest absolute Gasteiger partial charge is 0.0597 e. The molecule has 13 heavy (non-hydrogen) atoms. The van der Waals surface area contributed by atoms with Gasteiger partial charge in [0.2, 0.25) is 0 Å². The lowest BCUT2D eigenvalue weighted by molar-refractivity contribution is 0.583. The molecular weight excluding hydrogens is 162 g/mol. The normalized spacial score (nSPS) is 15.3. The second kappa shape index (κ2) is 5.02. The second-order valence-corrected chi connectivity index (χ2v) is 3.03. The first kappa shape index (κ1) is 10.3. The van der Waals surface area contributed by atoms with Crippen LogP contribution in [0, 0.1) is 6.92 Å². The standard InChI is InChI=1S/C8H13N3.C2H6/c1-7-5-8-6-9-3-2-4-11(8)10-7;1-2/h5,9H,2-4,6H2,1H3;1-2H3. The second-order valence-electron chi connectivity index (χ2n) is 3.03. The van der Waals surface area contributed by atoms with Gasteiger partial charge in [-0.2, -0.15) is 5.10 Å². The van der Waals surface area contributed by atoms with E-state index in [4.69, 9.17) is 0 Å². The van der Waals surface area contributed by atoms with Crippen LogP contribution < -0.4 is 5.32 Å². The SMILES string of the molecule is CC.Cc1cc2n(n1)CCCNC2. The van der Waals surface area contributed by atoms with Gasteiger partial charge in [-0.1, -0.05) is 13.8 Å². The molecule has 2 heterocycles. The van der Waals surface area contributed by atoms with Gasteiger partial charge in [0.25, 0.3) is 0 Å². The molecule has 1 N–H and O–H groups in total. The first-order valence-corrected chi connectivity index (χ1v) is 5.10. The molecule has 0 saturated heterocycles. The van der Waals surface area contributed by atoms with E-state index >= 15 is 0 Å². The predicted molar refractivity (Wildman–Crippen MR) is 54.6 cm³/mol. The van der Waals surface area contributed by atoms with Crippen molar-refractivity contribution in [2.45, 2.75) is 40.3 Å². The predicted octanol–water partition coefficient (Wildman–Crippen LogP) is 1.71. The summed E-state index contributed by atoms with van der Waals surface area (Å²) >= 11 is 0. The zero-order chi connectivity index (χ0) is 9.68. The van der Waals surface area contributed by atoms with Gasteiger partial charge < -0.3 is 5.32 Å². The van der Waals surface area contributed by atoms with E-state index in [-0.39, 0.29) is 0 Å². The summed E-state index contributed by atoms with van der Waals surface area (Å²) in [5, 5.41) is 7.74. The van der Waals surface area contributed by atoms with Gasteiger partial charge in [-0.3, -0.25) is 4.68 Å². The fourth-order valence-corrected chi connectivity index (χ4v) is 1.51. The topological polar surface area (TPSA) is 29.9 Å². The van der Waals surface area contributed by atoms with Gasteiger partial charge in [-0.25, -0.2) is 0 Å². The highest BCUT2D eigenvalue weighted by Crippen LogP contribution is 2.06. The molecule has 0 aromatic carbocycles. The average Bonchev–Trinajstić information content (AvgIpc) is 2.36. The maximum Gasteiger partial charge on any atom is 0.0597 e. The quantitative estimate of drug-likeness (QED) is 0.660. The number of aromatic nitrogens is 2. The summed E-state index contributed by atoms with van der Waals surface area (Å²) in [4.78, 5) is 0. The highest BCUT2D eigenvalue weighted by molar-refractivity contribution is 5.09. The Kier molecular flexibility index (Phi) is 3.96. The summed E-state index contributed by atoms with van der Waals surface area (Å²) < 4.78 is 2.11. The summed E-state index contributed by atoms with van der Waals surface area (Å²) in [5.74, 6) is 0. The Hall–Kier alpha value is -0.830. The number of fused-ring (bicyclic) bond motifs is 1. The van der Waals surface area contributed by atoms with Crippen molar-refractivity contribution >= 4 is 0 Å². The highest BCUT2D eigenvalue weighted by Gasteiger charge is 2.07. The maximum absolute atomic E-state index is 4.39. The zero-order valence-corrected chi connectivity index (χ0v) is 8.80. The molecule has 0 atom stereocenters. The Morgan fingerprint density at radius 1 is 1.46 bits per heavy atom. The van der Waals surface area contributed by atoms with Crippen molar-refractivity contribution < 1.29 is 0 Å². The Labute approximate surface area is 80.1 Å². The van der Waals surface area contributed by atoms with Crippen molar-refractivity contribution in [2.24, 2.45) is 0 Å². The van der Waals surface area contributed by atoms with Crippen molar-refractivity contribution in [3.8, 4) is 0 Å². The Bertz CT molecular complexity index is 229. The number of aryl methyl sites for hydroxylation is 2. The fourth-order valence-electron chi connectivity index (χ4n) is 1.51. The van der Waals surface area contributed by atoms with Crippen LogP contribution in [0.4, 0.5) is 0 Å². The van der Waals surface area contributed by atoms with Crippen LogP contribution in [-0.2, 0) is 13.1 Å². The minimum atomic E-state index is 0.973. The summed E-state index contributed by atoms with van der Waals surface area (Å²) in [6.07, 6.45) is 1.19. The molecule has 1 aromatic rings. The molecule has 2 rings (SSSR count). The van der Waals surface area contributed by atoms with Gasteiger partial charge >= 0.3 is 0 Å². The molecule has 1 aliphatic heterocycles. The summed E-state index contributed by atoms with van der Waals surface area (Å²) in [7, 11) is 0. The van der Waals surface area contributed by atoms with Gasteiger partial charge in [0.1, 0.15) is 0 Å². The largest absolute Gasteiger partial charge is 0.311 e. The summed E-state index contributed by atoms with van der Waals surface area (Å²) in [6.45, 7) is 9.20. The molecular formula is C10H19N3. The van der Waals surface area contributed by atoms with E-state index in [1.54, 1.807) is 0 Å². The molecule has 3 nitrogen and oxygen atoms in total. The molecule has 0 amide bonds. The van der Waals surface area contributed by atoms with E-state index in [1.165, 1.54) is 12.1 Å². The number of nitrogens with zero attached hydrogens (tertiary/aromatic N) is 2. The monoisotopic (exact) mass is 181 g/mol. The van der Waals surface area contributed by atoms with Crippen molar-refractivity contribution in [3.05, 3.63) is 17.5 Å². The van der Waals surface area contributed by atoms with Crippen LogP contribution in [0.15, 0.2) is 6.07 Å². The summed E-state index contributed by atoms with van der Waals surface area (Å²) in [5.41, 5.74) is 2.45. The van der Waals surface area contributed by atoms with Crippen molar-refractivity contribution in [3.63, 3.8) is 0 Å². The van der Waals surface area contributed by atoms with Gasteiger partial charge in [0.05, 0.1) is 11.4 Å². The van der Waals surface area contributed by atoms with Crippen molar-refractivity contribution in [1.29, 1.82) is 0 Å². The Morgan fingerprint density at radius 2 is 2.23 bits per heavy atom. The van der Waals surface area contributed by atoms with Crippen LogP contribution >= 0.6 is 0 Å². The maximum atomic E-state index is 4.39. The Balaban J connectivity index is 0.000000396. The lowest BCUT2D eigenvalue weighted by Crippen LogP contribution is -2.11. The van der Waals surface area contributed by atoms with Crippen LogP contribution in [0.3, 0.4) is 0 Å². The lowest BCUT2D eigenvalue weighted by Gasteiger charge is -1.98. The zero-order valence-electron chi connectivity index (χ0n) is 8.80. The molecule has 1 aliphatic rings. The van der Waals surface area contributed by atoms with E-state index in [9.17, 15) is 0 Å². The van der Waals surface area contributed by atoms with Gasteiger partial charge in [0.15, 0.2) is 0 Å². The molecule has 3 heteroatoms. The average molecular weight is 181 g/mol. The Morgan fingerprint density at radius 3 is 3.00 bits per heavy atom. The van der Waals surface area contributed by atoms with Crippen LogP contribution in [0.1, 0.15) is 31.7 Å². The summed E-state index contributed by atoms with van der Waals surface area (Å²) in [6, 6.07) is 2.15. The molecule has 1 aromatic heterocycles. The number of hydrogen-bond donors (Lipinski definition) is 1. The minimum Gasteiger partial charge on any atom is -0.311 e. The minimum absolute atomic E-state index is 0.973. The van der Waals surface area contributed by atoms with Gasteiger partial charge in [-0.15, -0.1) is 0 Å². The highest BCUT2D eigenvalue weighted by atomic mass is 15.3. The first-order chi connectivity index (χ1) is 6.36. The molecule has 0 fully saturated rings.